The van der Waals surface area contributed by atoms with Crippen molar-refractivity contribution >= 4 is 17.5 Å². The summed E-state index contributed by atoms with van der Waals surface area (Å²) in [5, 5.41) is 0.756. The lowest BCUT2D eigenvalue weighted by atomic mass is 9.99. The predicted octanol–water partition coefficient (Wildman–Crippen LogP) is 2.83. The van der Waals surface area contributed by atoms with E-state index in [-0.39, 0.29) is 5.91 Å². The van der Waals surface area contributed by atoms with Crippen LogP contribution >= 0.6 is 11.6 Å². The Morgan fingerprint density at radius 2 is 1.95 bits per heavy atom. The molecule has 2 aromatic rings. The third kappa shape index (κ3) is 3.39. The Hall–Kier alpha value is -1.94. The van der Waals surface area contributed by atoms with Gasteiger partial charge in [-0.2, -0.15) is 0 Å². The quantitative estimate of drug-likeness (QED) is 0.876. The first-order chi connectivity index (χ1) is 10.2. The van der Waals surface area contributed by atoms with Gasteiger partial charge in [0.15, 0.2) is 0 Å². The third-order valence-corrected chi connectivity index (χ3v) is 4.07. The van der Waals surface area contributed by atoms with Gasteiger partial charge in [0, 0.05) is 30.5 Å². The number of benzene rings is 1. The fraction of sp³-hybridized carbons (Fsp3) is 0.312. The maximum absolute atomic E-state index is 12.3. The number of carbonyl (C=O) groups excluding carboxylic acids is 1. The van der Waals surface area contributed by atoms with Gasteiger partial charge in [0.05, 0.1) is 5.56 Å². The fourth-order valence-electron chi connectivity index (χ4n) is 2.73. The molecule has 0 spiro atoms. The summed E-state index contributed by atoms with van der Waals surface area (Å²) < 4.78 is 0. The zero-order valence-corrected chi connectivity index (χ0v) is 12.3. The minimum absolute atomic E-state index is 0.0224. The van der Waals surface area contributed by atoms with E-state index in [4.69, 9.17) is 11.6 Å². The van der Waals surface area contributed by atoms with Crippen LogP contribution in [0.1, 0.15) is 22.3 Å². The monoisotopic (exact) mass is 301 g/mol. The van der Waals surface area contributed by atoms with Crippen molar-refractivity contribution in [1.29, 1.82) is 0 Å². The van der Waals surface area contributed by atoms with Gasteiger partial charge < -0.3 is 4.90 Å². The van der Waals surface area contributed by atoms with E-state index in [1.54, 1.807) is 12.4 Å². The molecule has 1 unspecified atom stereocenters. The first kappa shape index (κ1) is 14.0. The molecule has 21 heavy (non-hydrogen) atoms. The smallest absolute Gasteiger partial charge is 0.256 e. The topological polar surface area (TPSA) is 46.1 Å². The van der Waals surface area contributed by atoms with Gasteiger partial charge in [-0.1, -0.05) is 23.7 Å². The van der Waals surface area contributed by atoms with Crippen LogP contribution < -0.4 is 0 Å². The van der Waals surface area contributed by atoms with Crippen molar-refractivity contribution in [3.05, 3.63) is 59.1 Å². The molecule has 0 bridgehead atoms. The Balaban J connectivity index is 1.60. The summed E-state index contributed by atoms with van der Waals surface area (Å²) in [7, 11) is 0. The summed E-state index contributed by atoms with van der Waals surface area (Å²) in [5.74, 6) is 0.522. The van der Waals surface area contributed by atoms with Gasteiger partial charge in [-0.05, 0) is 36.5 Å². The Morgan fingerprint density at radius 3 is 2.67 bits per heavy atom. The first-order valence-corrected chi connectivity index (χ1v) is 7.39. The van der Waals surface area contributed by atoms with Gasteiger partial charge in [0.1, 0.15) is 6.33 Å². The lowest BCUT2D eigenvalue weighted by molar-refractivity contribution is 0.0786. The summed E-state index contributed by atoms with van der Waals surface area (Å²) in [5.41, 5.74) is 1.83. The van der Waals surface area contributed by atoms with Crippen molar-refractivity contribution < 1.29 is 4.79 Å². The normalized spacial score (nSPS) is 18.0. The number of nitrogens with zero attached hydrogens (tertiary/aromatic N) is 3. The van der Waals surface area contributed by atoms with Crippen molar-refractivity contribution in [3.63, 3.8) is 0 Å². The Kier molecular flexibility index (Phi) is 4.15. The largest absolute Gasteiger partial charge is 0.338 e. The van der Waals surface area contributed by atoms with Crippen LogP contribution in [0.3, 0.4) is 0 Å². The molecule has 1 atom stereocenters. The van der Waals surface area contributed by atoms with Crippen LogP contribution in [-0.2, 0) is 6.42 Å². The number of hydrogen-bond donors (Lipinski definition) is 0. The fourth-order valence-corrected chi connectivity index (χ4v) is 2.86. The van der Waals surface area contributed by atoms with Crippen molar-refractivity contribution in [3.8, 4) is 0 Å². The van der Waals surface area contributed by atoms with Crippen LogP contribution in [0.15, 0.2) is 43.0 Å². The van der Waals surface area contributed by atoms with Gasteiger partial charge in [0.25, 0.3) is 5.91 Å². The molecule has 5 heteroatoms. The maximum Gasteiger partial charge on any atom is 0.256 e. The minimum atomic E-state index is 0.0224. The molecule has 0 aliphatic carbocycles. The molecule has 4 nitrogen and oxygen atoms in total. The molecular formula is C16H16ClN3O. The highest BCUT2D eigenvalue weighted by atomic mass is 35.5. The molecule has 1 aromatic carbocycles. The summed E-state index contributed by atoms with van der Waals surface area (Å²) >= 11 is 5.90. The van der Waals surface area contributed by atoms with Crippen LogP contribution in [0.5, 0.6) is 0 Å². The molecule has 1 fully saturated rings. The SMILES string of the molecule is O=C(c1cncnc1)N1CCC(Cc2ccc(Cl)cc2)C1. The predicted molar refractivity (Wildman–Crippen MR) is 81.2 cm³/mol. The molecule has 3 rings (SSSR count). The number of amides is 1. The minimum Gasteiger partial charge on any atom is -0.338 e. The van der Waals surface area contributed by atoms with Crippen molar-refractivity contribution in [2.75, 3.05) is 13.1 Å². The second-order valence-corrected chi connectivity index (χ2v) is 5.80. The molecule has 1 aliphatic rings. The van der Waals surface area contributed by atoms with Crippen LogP contribution in [0, 0.1) is 5.92 Å². The number of halogens is 1. The van der Waals surface area contributed by atoms with E-state index in [0.717, 1.165) is 31.0 Å². The van der Waals surface area contributed by atoms with Crippen LogP contribution in [-0.4, -0.2) is 33.9 Å². The van der Waals surface area contributed by atoms with Gasteiger partial charge >= 0.3 is 0 Å². The molecule has 0 saturated carbocycles. The van der Waals surface area contributed by atoms with Crippen molar-refractivity contribution in [2.24, 2.45) is 5.92 Å². The average Bonchev–Trinajstić information content (AvgIpc) is 2.98. The molecule has 1 aliphatic heterocycles. The molecule has 0 radical (unpaired) electrons. The van der Waals surface area contributed by atoms with E-state index in [2.05, 4.69) is 22.1 Å². The van der Waals surface area contributed by atoms with Gasteiger partial charge in [0.2, 0.25) is 0 Å². The number of likely N-dealkylation sites (tertiary alicyclic amines) is 1. The first-order valence-electron chi connectivity index (χ1n) is 7.01. The van der Waals surface area contributed by atoms with Gasteiger partial charge in [-0.15, -0.1) is 0 Å². The summed E-state index contributed by atoms with van der Waals surface area (Å²) in [6.07, 6.45) is 6.59. The third-order valence-electron chi connectivity index (χ3n) is 3.82. The summed E-state index contributed by atoms with van der Waals surface area (Å²) in [6.45, 7) is 1.59. The zero-order valence-electron chi connectivity index (χ0n) is 11.6. The van der Waals surface area contributed by atoms with E-state index < -0.39 is 0 Å². The highest BCUT2D eigenvalue weighted by Gasteiger charge is 2.27. The molecule has 0 N–H and O–H groups in total. The molecule has 1 amide bonds. The number of hydrogen-bond acceptors (Lipinski definition) is 3. The molecule has 1 aromatic heterocycles. The Morgan fingerprint density at radius 1 is 1.24 bits per heavy atom. The molecule has 1 saturated heterocycles. The number of carbonyl (C=O) groups is 1. The zero-order chi connectivity index (χ0) is 14.7. The maximum atomic E-state index is 12.3. The van der Waals surface area contributed by atoms with Crippen molar-refractivity contribution in [1.82, 2.24) is 14.9 Å². The van der Waals surface area contributed by atoms with E-state index >= 15 is 0 Å². The lowest BCUT2D eigenvalue weighted by Crippen LogP contribution is -2.29. The van der Waals surface area contributed by atoms with Crippen LogP contribution in [0.4, 0.5) is 0 Å². The Labute approximate surface area is 128 Å². The summed E-state index contributed by atoms with van der Waals surface area (Å²) in [6, 6.07) is 7.93. The van der Waals surface area contributed by atoms with Crippen LogP contribution in [0.2, 0.25) is 5.02 Å². The highest BCUT2D eigenvalue weighted by molar-refractivity contribution is 6.30. The standard InChI is InChI=1S/C16H16ClN3O/c17-15-3-1-12(2-4-15)7-13-5-6-20(10-13)16(21)14-8-18-11-19-9-14/h1-4,8-9,11,13H,5-7,10H2. The van der Waals surface area contributed by atoms with Crippen LogP contribution in [0.25, 0.3) is 0 Å². The molecular weight excluding hydrogens is 286 g/mol. The molecule has 2 heterocycles. The van der Waals surface area contributed by atoms with E-state index in [1.165, 1.54) is 11.9 Å². The van der Waals surface area contributed by atoms with E-state index in [1.807, 2.05) is 17.0 Å². The highest BCUT2D eigenvalue weighted by Crippen LogP contribution is 2.23. The molecule has 108 valence electrons. The second-order valence-electron chi connectivity index (χ2n) is 5.36. The van der Waals surface area contributed by atoms with Crippen molar-refractivity contribution in [2.45, 2.75) is 12.8 Å². The number of rotatable bonds is 3. The second kappa shape index (κ2) is 6.22. The Bertz CT molecular complexity index is 615. The number of aromatic nitrogens is 2. The van der Waals surface area contributed by atoms with Gasteiger partial charge in [-0.25, -0.2) is 9.97 Å². The van der Waals surface area contributed by atoms with E-state index in [0.29, 0.717) is 11.5 Å². The van der Waals surface area contributed by atoms with E-state index in [9.17, 15) is 4.79 Å². The average molecular weight is 302 g/mol. The van der Waals surface area contributed by atoms with Gasteiger partial charge in [-0.3, -0.25) is 4.79 Å². The summed E-state index contributed by atoms with van der Waals surface area (Å²) in [4.78, 5) is 22.0. The lowest BCUT2D eigenvalue weighted by Gasteiger charge is -2.16.